The molecule has 3 rings (SSSR count). The van der Waals surface area contributed by atoms with Gasteiger partial charge in [0.2, 0.25) is 17.6 Å². The molecule has 0 bridgehead atoms. The highest BCUT2D eigenvalue weighted by Gasteiger charge is 2.45. The summed E-state index contributed by atoms with van der Waals surface area (Å²) in [7, 11) is 0. The Bertz CT molecular complexity index is 754. The Labute approximate surface area is 196 Å². The molecule has 9 heteroatoms. The molecule has 5 N–H and O–H groups in total. The minimum atomic E-state index is -1.06. The summed E-state index contributed by atoms with van der Waals surface area (Å²) < 4.78 is 6.09. The lowest BCUT2D eigenvalue weighted by molar-refractivity contribution is -0.142. The highest BCUT2D eigenvalue weighted by molar-refractivity contribution is 6.37. The number of likely N-dealkylation sites (tertiary alicyclic amines) is 1. The molecule has 186 valence electrons. The second-order valence-electron chi connectivity index (χ2n) is 11.0. The van der Waals surface area contributed by atoms with E-state index in [2.05, 4.69) is 5.32 Å². The molecule has 0 aromatic rings. The van der Waals surface area contributed by atoms with E-state index in [1.165, 1.54) is 4.90 Å². The van der Waals surface area contributed by atoms with Gasteiger partial charge in [0, 0.05) is 13.0 Å². The van der Waals surface area contributed by atoms with Crippen LogP contribution in [0.4, 0.5) is 0 Å². The summed E-state index contributed by atoms with van der Waals surface area (Å²) in [5.74, 6) is -2.16. The Morgan fingerprint density at radius 3 is 2.24 bits per heavy atom. The molecule has 0 spiro atoms. The number of amides is 3. The van der Waals surface area contributed by atoms with Gasteiger partial charge >= 0.3 is 0 Å². The monoisotopic (exact) mass is 464 g/mol. The summed E-state index contributed by atoms with van der Waals surface area (Å²) in [6.45, 7) is 6.05. The van der Waals surface area contributed by atoms with Gasteiger partial charge in [-0.3, -0.25) is 19.2 Å². The molecule has 1 unspecified atom stereocenters. The van der Waals surface area contributed by atoms with Crippen LogP contribution in [0.5, 0.6) is 0 Å². The molecule has 33 heavy (non-hydrogen) atoms. The summed E-state index contributed by atoms with van der Waals surface area (Å²) in [5, 5.41) is 2.72. The maximum Gasteiger partial charge on any atom is 0.287 e. The number of hydrogen-bond donors (Lipinski definition) is 3. The second-order valence-corrected chi connectivity index (χ2v) is 11.0. The minimum absolute atomic E-state index is 0.108. The molecule has 2 saturated carbocycles. The number of nitrogens with zero attached hydrogens (tertiary/aromatic N) is 1. The second kappa shape index (κ2) is 10.5. The van der Waals surface area contributed by atoms with Crippen LogP contribution in [-0.2, 0) is 23.9 Å². The van der Waals surface area contributed by atoms with Gasteiger partial charge in [0.25, 0.3) is 5.91 Å². The first-order valence-corrected chi connectivity index (χ1v) is 12.3. The average Bonchev–Trinajstić information content (AvgIpc) is 3.48. The van der Waals surface area contributed by atoms with Gasteiger partial charge in [-0.2, -0.15) is 0 Å². The van der Waals surface area contributed by atoms with E-state index in [1.54, 1.807) is 0 Å². The lowest BCUT2D eigenvalue weighted by atomic mass is 9.83. The van der Waals surface area contributed by atoms with Crippen molar-refractivity contribution in [2.24, 2.45) is 23.3 Å². The van der Waals surface area contributed by atoms with Crippen LogP contribution >= 0.6 is 0 Å². The van der Waals surface area contributed by atoms with E-state index in [0.717, 1.165) is 44.9 Å². The number of hydrogen-bond acceptors (Lipinski definition) is 6. The molecule has 2 aliphatic carbocycles. The standard InChI is InChI=1S/C24H40N4O5/c1-24(2,3)33-16-12-18(22(31)27-17(11-14-9-10-14)20(29)21(26)30)28(13-16)23(32)19(25)15-7-5-4-6-8-15/h14-19H,4-13,25H2,1-3H3,(H2,26,30)(H,27,31)/t16-,17?,18+,19+/m1/s1. The number of rotatable bonds is 9. The Morgan fingerprint density at radius 2 is 1.70 bits per heavy atom. The first-order valence-electron chi connectivity index (χ1n) is 12.3. The lowest BCUT2D eigenvalue weighted by Gasteiger charge is -2.32. The normalized spacial score (nSPS) is 26.0. The minimum Gasteiger partial charge on any atom is -0.371 e. The number of ketones is 1. The van der Waals surface area contributed by atoms with Crippen molar-refractivity contribution in [2.75, 3.05) is 6.54 Å². The smallest absolute Gasteiger partial charge is 0.287 e. The molecule has 1 aliphatic heterocycles. The van der Waals surface area contributed by atoms with E-state index >= 15 is 0 Å². The molecule has 1 saturated heterocycles. The summed E-state index contributed by atoms with van der Waals surface area (Å²) >= 11 is 0. The topological polar surface area (TPSA) is 145 Å². The predicted octanol–water partition coefficient (Wildman–Crippen LogP) is 1.02. The van der Waals surface area contributed by atoms with Crippen LogP contribution in [0.1, 0.15) is 78.6 Å². The van der Waals surface area contributed by atoms with E-state index in [-0.39, 0.29) is 24.5 Å². The van der Waals surface area contributed by atoms with E-state index in [1.807, 2.05) is 20.8 Å². The Balaban J connectivity index is 1.75. The Kier molecular flexibility index (Phi) is 8.16. The van der Waals surface area contributed by atoms with Crippen molar-refractivity contribution < 1.29 is 23.9 Å². The maximum atomic E-state index is 13.4. The molecule has 0 radical (unpaired) electrons. The van der Waals surface area contributed by atoms with Gasteiger partial charge in [0.15, 0.2) is 0 Å². The maximum absolute atomic E-state index is 13.4. The van der Waals surface area contributed by atoms with Gasteiger partial charge in [-0.15, -0.1) is 0 Å². The number of Topliss-reactive ketones (excluding diaryl/α,β-unsaturated/α-hetero) is 1. The van der Waals surface area contributed by atoms with E-state index in [9.17, 15) is 19.2 Å². The third kappa shape index (κ3) is 6.99. The molecule has 3 amide bonds. The molecule has 3 fully saturated rings. The number of nitrogens with two attached hydrogens (primary N) is 2. The van der Waals surface area contributed by atoms with Gasteiger partial charge in [0.1, 0.15) is 6.04 Å². The zero-order valence-corrected chi connectivity index (χ0v) is 20.2. The summed E-state index contributed by atoms with van der Waals surface area (Å²) in [5.41, 5.74) is 11.2. The predicted molar refractivity (Wildman–Crippen MR) is 123 cm³/mol. The molecular weight excluding hydrogens is 424 g/mol. The molecule has 0 aromatic heterocycles. The molecule has 4 atom stereocenters. The lowest BCUT2D eigenvalue weighted by Crippen LogP contribution is -2.56. The van der Waals surface area contributed by atoms with Crippen molar-refractivity contribution in [3.63, 3.8) is 0 Å². The van der Waals surface area contributed by atoms with E-state index < -0.39 is 41.3 Å². The van der Waals surface area contributed by atoms with Crippen molar-refractivity contribution in [1.82, 2.24) is 10.2 Å². The third-order valence-electron chi connectivity index (χ3n) is 6.95. The van der Waals surface area contributed by atoms with Crippen LogP contribution in [0.15, 0.2) is 0 Å². The first-order chi connectivity index (χ1) is 15.5. The third-order valence-corrected chi connectivity index (χ3v) is 6.95. The fourth-order valence-electron chi connectivity index (χ4n) is 5.12. The zero-order chi connectivity index (χ0) is 24.3. The molecule has 9 nitrogen and oxygen atoms in total. The van der Waals surface area contributed by atoms with Crippen molar-refractivity contribution >= 4 is 23.5 Å². The molecule has 3 aliphatic rings. The summed E-state index contributed by atoms with van der Waals surface area (Å²) in [6, 6.07) is -2.43. The first kappa shape index (κ1) is 25.6. The highest BCUT2D eigenvalue weighted by Crippen LogP contribution is 2.34. The SMILES string of the molecule is CC(C)(C)O[C@@H]1C[C@@H](C(=O)NC(CC2CC2)C(=O)C(N)=O)N(C(=O)[C@@H](N)C2CCCCC2)C1. The summed E-state index contributed by atoms with van der Waals surface area (Å²) in [4.78, 5) is 52.1. The molecule has 0 aromatic carbocycles. The van der Waals surface area contributed by atoms with E-state index in [0.29, 0.717) is 18.8 Å². The largest absolute Gasteiger partial charge is 0.371 e. The number of primary amides is 1. The fraction of sp³-hybridized carbons (Fsp3) is 0.833. The van der Waals surface area contributed by atoms with Gasteiger partial charge < -0.3 is 26.4 Å². The van der Waals surface area contributed by atoms with Crippen LogP contribution in [0.2, 0.25) is 0 Å². The van der Waals surface area contributed by atoms with Crippen LogP contribution in [0.25, 0.3) is 0 Å². The van der Waals surface area contributed by atoms with Crippen LogP contribution in [0.3, 0.4) is 0 Å². The van der Waals surface area contributed by atoms with Crippen molar-refractivity contribution in [3.05, 3.63) is 0 Å². The van der Waals surface area contributed by atoms with Gasteiger partial charge in [0.05, 0.1) is 23.8 Å². The summed E-state index contributed by atoms with van der Waals surface area (Å²) in [6.07, 6.45) is 7.40. The van der Waals surface area contributed by atoms with Crippen LogP contribution in [0, 0.1) is 11.8 Å². The fourth-order valence-corrected chi connectivity index (χ4v) is 5.12. The number of carbonyl (C=O) groups excluding carboxylic acids is 4. The van der Waals surface area contributed by atoms with Crippen LogP contribution < -0.4 is 16.8 Å². The van der Waals surface area contributed by atoms with Crippen molar-refractivity contribution in [3.8, 4) is 0 Å². The van der Waals surface area contributed by atoms with Gasteiger partial charge in [-0.1, -0.05) is 32.1 Å². The van der Waals surface area contributed by atoms with Crippen molar-refractivity contribution in [2.45, 2.75) is 108 Å². The number of ether oxygens (including phenoxy) is 1. The van der Waals surface area contributed by atoms with E-state index in [4.69, 9.17) is 16.2 Å². The number of nitrogens with one attached hydrogen (secondary N) is 1. The Hall–Kier alpha value is -2.00. The highest BCUT2D eigenvalue weighted by atomic mass is 16.5. The molecule has 1 heterocycles. The molecular formula is C24H40N4O5. The van der Waals surface area contributed by atoms with Gasteiger partial charge in [-0.05, 0) is 51.9 Å². The average molecular weight is 465 g/mol. The quantitative estimate of drug-likeness (QED) is 0.434. The zero-order valence-electron chi connectivity index (χ0n) is 20.2. The Morgan fingerprint density at radius 1 is 1.06 bits per heavy atom. The van der Waals surface area contributed by atoms with Gasteiger partial charge in [-0.25, -0.2) is 0 Å². The van der Waals surface area contributed by atoms with Crippen molar-refractivity contribution in [1.29, 1.82) is 0 Å². The van der Waals surface area contributed by atoms with Crippen LogP contribution in [-0.4, -0.2) is 64.8 Å². The number of carbonyl (C=O) groups is 4.